The summed E-state index contributed by atoms with van der Waals surface area (Å²) >= 11 is 5.86. The van der Waals surface area contributed by atoms with Crippen LogP contribution in [0.3, 0.4) is 0 Å². The van der Waals surface area contributed by atoms with Gasteiger partial charge in [-0.2, -0.15) is 5.10 Å². The number of hydrogen-bond donors (Lipinski definition) is 2. The molecule has 2 heterocycles. The minimum absolute atomic E-state index is 0.199. The van der Waals surface area contributed by atoms with E-state index < -0.39 is 0 Å². The van der Waals surface area contributed by atoms with Gasteiger partial charge in [0, 0.05) is 41.6 Å². The largest absolute Gasteiger partial charge is 0.370 e. The minimum Gasteiger partial charge on any atom is -0.370 e. The van der Waals surface area contributed by atoms with Crippen LogP contribution in [-0.4, -0.2) is 29.2 Å². The SMILES string of the molecule is O=C(/C=C/c1ccc(Cl)cc1)Nc1ccc(Nc2cc(N3CCCC3)cnn2)cc1. The van der Waals surface area contributed by atoms with Crippen LogP contribution in [0.5, 0.6) is 0 Å². The summed E-state index contributed by atoms with van der Waals surface area (Å²) in [6, 6.07) is 16.8. The average molecular weight is 420 g/mol. The van der Waals surface area contributed by atoms with E-state index in [9.17, 15) is 4.79 Å². The van der Waals surface area contributed by atoms with Gasteiger partial charge in [-0.1, -0.05) is 23.7 Å². The fourth-order valence-electron chi connectivity index (χ4n) is 3.28. The molecule has 1 saturated heterocycles. The van der Waals surface area contributed by atoms with Crippen molar-refractivity contribution in [3.63, 3.8) is 0 Å². The number of aromatic nitrogens is 2. The Kier molecular flexibility index (Phi) is 6.25. The molecule has 3 aromatic rings. The first-order valence-electron chi connectivity index (χ1n) is 9.85. The zero-order valence-electron chi connectivity index (χ0n) is 16.4. The molecule has 0 radical (unpaired) electrons. The molecular formula is C23H22ClN5O. The summed E-state index contributed by atoms with van der Waals surface area (Å²) in [5.74, 6) is 0.497. The Morgan fingerprint density at radius 1 is 1.00 bits per heavy atom. The number of anilines is 4. The van der Waals surface area contributed by atoms with Crippen molar-refractivity contribution in [2.24, 2.45) is 0 Å². The van der Waals surface area contributed by atoms with Crippen molar-refractivity contribution in [1.29, 1.82) is 0 Å². The zero-order valence-corrected chi connectivity index (χ0v) is 17.1. The van der Waals surface area contributed by atoms with Crippen LogP contribution in [0.15, 0.2) is 66.9 Å². The summed E-state index contributed by atoms with van der Waals surface area (Å²) in [4.78, 5) is 14.4. The van der Waals surface area contributed by atoms with Gasteiger partial charge in [-0.3, -0.25) is 4.79 Å². The Hall–Kier alpha value is -3.38. The highest BCUT2D eigenvalue weighted by Crippen LogP contribution is 2.23. The molecule has 2 N–H and O–H groups in total. The minimum atomic E-state index is -0.199. The topological polar surface area (TPSA) is 70.2 Å². The maximum Gasteiger partial charge on any atom is 0.248 e. The highest BCUT2D eigenvalue weighted by atomic mass is 35.5. The van der Waals surface area contributed by atoms with Gasteiger partial charge >= 0.3 is 0 Å². The smallest absolute Gasteiger partial charge is 0.248 e. The van der Waals surface area contributed by atoms with Gasteiger partial charge < -0.3 is 15.5 Å². The predicted octanol–water partition coefficient (Wildman–Crippen LogP) is 5.13. The molecule has 6 nitrogen and oxygen atoms in total. The molecule has 0 saturated carbocycles. The second-order valence-electron chi connectivity index (χ2n) is 7.07. The van der Waals surface area contributed by atoms with E-state index in [0.29, 0.717) is 16.5 Å². The molecule has 1 aromatic heterocycles. The maximum atomic E-state index is 12.1. The lowest BCUT2D eigenvalue weighted by Crippen LogP contribution is -2.18. The number of benzene rings is 2. The number of hydrogen-bond acceptors (Lipinski definition) is 5. The molecule has 30 heavy (non-hydrogen) atoms. The van der Waals surface area contributed by atoms with E-state index in [1.807, 2.05) is 42.5 Å². The molecule has 0 aliphatic carbocycles. The predicted molar refractivity (Wildman–Crippen MR) is 122 cm³/mol. The normalized spacial score (nSPS) is 13.6. The van der Waals surface area contributed by atoms with E-state index in [2.05, 4.69) is 25.7 Å². The summed E-state index contributed by atoms with van der Waals surface area (Å²) in [7, 11) is 0. The number of nitrogens with zero attached hydrogens (tertiary/aromatic N) is 3. The summed E-state index contributed by atoms with van der Waals surface area (Å²) in [6.07, 6.45) is 7.47. The molecule has 1 fully saturated rings. The number of carbonyl (C=O) groups is 1. The Morgan fingerprint density at radius 3 is 2.43 bits per heavy atom. The van der Waals surface area contributed by atoms with E-state index >= 15 is 0 Å². The Labute approximate surface area is 180 Å². The Morgan fingerprint density at radius 2 is 1.70 bits per heavy atom. The molecule has 1 aliphatic heterocycles. The lowest BCUT2D eigenvalue weighted by Gasteiger charge is -2.17. The molecule has 0 atom stereocenters. The average Bonchev–Trinajstić information content (AvgIpc) is 3.30. The maximum absolute atomic E-state index is 12.1. The van der Waals surface area contributed by atoms with Gasteiger partial charge in [0.1, 0.15) is 0 Å². The van der Waals surface area contributed by atoms with Crippen molar-refractivity contribution in [3.05, 3.63) is 77.5 Å². The lowest BCUT2D eigenvalue weighted by atomic mass is 10.2. The van der Waals surface area contributed by atoms with E-state index in [1.165, 1.54) is 18.9 Å². The van der Waals surface area contributed by atoms with Gasteiger partial charge in [0.05, 0.1) is 11.9 Å². The van der Waals surface area contributed by atoms with Crippen LogP contribution in [0.1, 0.15) is 18.4 Å². The zero-order chi connectivity index (χ0) is 20.8. The number of halogens is 1. The van der Waals surface area contributed by atoms with Crippen LogP contribution in [0.2, 0.25) is 5.02 Å². The Bertz CT molecular complexity index is 1030. The summed E-state index contributed by atoms with van der Waals surface area (Å²) in [6.45, 7) is 2.12. The van der Waals surface area contributed by atoms with Crippen LogP contribution in [0, 0.1) is 0 Å². The van der Waals surface area contributed by atoms with Crippen LogP contribution >= 0.6 is 11.6 Å². The second kappa shape index (κ2) is 9.41. The monoisotopic (exact) mass is 419 g/mol. The van der Waals surface area contributed by atoms with Crippen LogP contribution < -0.4 is 15.5 Å². The molecular weight excluding hydrogens is 398 g/mol. The number of nitrogens with one attached hydrogen (secondary N) is 2. The van der Waals surface area contributed by atoms with Gasteiger partial charge in [0.25, 0.3) is 0 Å². The first-order valence-corrected chi connectivity index (χ1v) is 10.2. The van der Waals surface area contributed by atoms with E-state index in [-0.39, 0.29) is 5.91 Å². The third-order valence-corrected chi connectivity index (χ3v) is 5.09. The van der Waals surface area contributed by atoms with E-state index in [4.69, 9.17) is 11.6 Å². The van der Waals surface area contributed by atoms with Gasteiger partial charge in [-0.05, 0) is 60.9 Å². The summed E-state index contributed by atoms with van der Waals surface area (Å²) in [5.41, 5.74) is 3.58. The highest BCUT2D eigenvalue weighted by Gasteiger charge is 2.13. The Balaban J connectivity index is 1.34. The van der Waals surface area contributed by atoms with Crippen LogP contribution in [0.4, 0.5) is 22.9 Å². The molecule has 1 amide bonds. The summed E-state index contributed by atoms with van der Waals surface area (Å²) < 4.78 is 0. The van der Waals surface area contributed by atoms with Crippen molar-refractivity contribution < 1.29 is 4.79 Å². The first kappa shape index (κ1) is 19.9. The third kappa shape index (κ3) is 5.36. The van der Waals surface area contributed by atoms with Crippen molar-refractivity contribution in [3.8, 4) is 0 Å². The van der Waals surface area contributed by atoms with Crippen molar-refractivity contribution in [1.82, 2.24) is 10.2 Å². The van der Waals surface area contributed by atoms with Crippen molar-refractivity contribution in [2.75, 3.05) is 28.6 Å². The molecule has 0 unspecified atom stereocenters. The number of amides is 1. The third-order valence-electron chi connectivity index (χ3n) is 4.83. The number of carbonyl (C=O) groups excluding carboxylic acids is 1. The highest BCUT2D eigenvalue weighted by molar-refractivity contribution is 6.30. The molecule has 0 bridgehead atoms. The van der Waals surface area contributed by atoms with Gasteiger partial charge in [0.15, 0.2) is 5.82 Å². The molecule has 7 heteroatoms. The standard InChI is InChI=1S/C23H22ClN5O/c24-18-6-3-17(4-7-18)5-12-23(30)27-20-10-8-19(9-11-20)26-22-15-21(16-25-28-22)29-13-1-2-14-29/h3-12,15-16H,1-2,13-14H2,(H,26,28)(H,27,30)/b12-5+. The molecule has 2 aromatic carbocycles. The van der Waals surface area contributed by atoms with E-state index in [1.54, 1.807) is 24.4 Å². The van der Waals surface area contributed by atoms with Crippen LogP contribution in [0.25, 0.3) is 6.08 Å². The molecule has 0 spiro atoms. The number of rotatable bonds is 6. The van der Waals surface area contributed by atoms with E-state index in [0.717, 1.165) is 30.0 Å². The lowest BCUT2D eigenvalue weighted by molar-refractivity contribution is -0.111. The first-order chi connectivity index (χ1) is 14.7. The van der Waals surface area contributed by atoms with Crippen LogP contribution in [-0.2, 0) is 4.79 Å². The second-order valence-corrected chi connectivity index (χ2v) is 7.51. The van der Waals surface area contributed by atoms with Crippen molar-refractivity contribution in [2.45, 2.75) is 12.8 Å². The fourth-order valence-corrected chi connectivity index (χ4v) is 3.41. The summed E-state index contributed by atoms with van der Waals surface area (Å²) in [5, 5.41) is 15.0. The molecule has 4 rings (SSSR count). The van der Waals surface area contributed by atoms with Gasteiger partial charge in [-0.25, -0.2) is 0 Å². The van der Waals surface area contributed by atoms with Gasteiger partial charge in [0.2, 0.25) is 5.91 Å². The molecule has 152 valence electrons. The van der Waals surface area contributed by atoms with Crippen molar-refractivity contribution >= 4 is 46.5 Å². The quantitative estimate of drug-likeness (QED) is 0.542. The molecule has 1 aliphatic rings. The fraction of sp³-hybridized carbons (Fsp3) is 0.174. The van der Waals surface area contributed by atoms with Gasteiger partial charge in [-0.15, -0.1) is 5.10 Å².